The Morgan fingerprint density at radius 1 is 1.60 bits per heavy atom. The highest BCUT2D eigenvalue weighted by Gasteiger charge is 2.71. The number of aliphatic hydroxyl groups is 1. The second kappa shape index (κ2) is 1.37. The summed E-state index contributed by atoms with van der Waals surface area (Å²) < 4.78 is 4.58. The van der Waals surface area contributed by atoms with E-state index in [1.165, 1.54) is 0 Å². The lowest BCUT2D eigenvalue weighted by atomic mass is 10.1. The summed E-state index contributed by atoms with van der Waals surface area (Å²) in [7, 11) is 0. The second-order valence-corrected chi connectivity index (χ2v) is 3.65. The van der Waals surface area contributed by atoms with Crippen LogP contribution in [0.4, 0.5) is 0 Å². The zero-order valence-electron chi connectivity index (χ0n) is 6.00. The minimum absolute atomic E-state index is 0.0191. The minimum atomic E-state index is -0.840. The Balaban J connectivity index is 2.25. The number of carbonyl (C=O) groups is 1. The van der Waals surface area contributed by atoms with Crippen LogP contribution in [-0.4, -0.2) is 17.4 Å². The maximum absolute atomic E-state index is 10.9. The molecule has 0 bridgehead atoms. The van der Waals surface area contributed by atoms with Crippen molar-refractivity contribution in [3.8, 4) is 0 Å². The first-order valence-corrected chi connectivity index (χ1v) is 3.43. The standard InChI is InChI=1S/C7H10O3/c1-7(2)3-4(7)6(9)10-5(3)8/h3-5,8H,1-2H3/t3-,4+,5-/m0/s1. The Morgan fingerprint density at radius 2 is 2.20 bits per heavy atom. The van der Waals surface area contributed by atoms with E-state index in [-0.39, 0.29) is 23.2 Å². The first-order chi connectivity index (χ1) is 4.55. The van der Waals surface area contributed by atoms with E-state index in [1.807, 2.05) is 13.8 Å². The van der Waals surface area contributed by atoms with Gasteiger partial charge >= 0.3 is 5.97 Å². The predicted molar refractivity (Wildman–Crippen MR) is 32.9 cm³/mol. The summed E-state index contributed by atoms with van der Waals surface area (Å²) in [4.78, 5) is 10.9. The molecule has 2 fully saturated rings. The lowest BCUT2D eigenvalue weighted by molar-refractivity contribution is -0.164. The van der Waals surface area contributed by atoms with Crippen molar-refractivity contribution in [1.82, 2.24) is 0 Å². The fourth-order valence-corrected chi connectivity index (χ4v) is 1.93. The average molecular weight is 142 g/mol. The molecule has 3 atom stereocenters. The van der Waals surface area contributed by atoms with Crippen LogP contribution in [0.25, 0.3) is 0 Å². The van der Waals surface area contributed by atoms with Crippen LogP contribution >= 0.6 is 0 Å². The number of hydrogen-bond acceptors (Lipinski definition) is 3. The normalized spacial score (nSPS) is 48.3. The molecule has 0 aromatic carbocycles. The summed E-state index contributed by atoms with van der Waals surface area (Å²) in [5, 5.41) is 9.10. The van der Waals surface area contributed by atoms with Gasteiger partial charge in [0.15, 0.2) is 0 Å². The van der Waals surface area contributed by atoms with Gasteiger partial charge in [0.1, 0.15) is 0 Å². The highest BCUT2D eigenvalue weighted by atomic mass is 16.6. The van der Waals surface area contributed by atoms with Crippen LogP contribution in [0, 0.1) is 17.3 Å². The molecule has 0 aromatic heterocycles. The minimum Gasteiger partial charge on any atom is -0.435 e. The molecule has 0 aromatic rings. The smallest absolute Gasteiger partial charge is 0.312 e. The van der Waals surface area contributed by atoms with Crippen molar-refractivity contribution in [2.75, 3.05) is 0 Å². The largest absolute Gasteiger partial charge is 0.435 e. The Bertz CT molecular complexity index is 197. The first-order valence-electron chi connectivity index (χ1n) is 3.43. The lowest BCUT2D eigenvalue weighted by Crippen LogP contribution is -2.18. The molecule has 3 heteroatoms. The van der Waals surface area contributed by atoms with E-state index in [4.69, 9.17) is 5.11 Å². The van der Waals surface area contributed by atoms with E-state index >= 15 is 0 Å². The lowest BCUT2D eigenvalue weighted by Gasteiger charge is -2.11. The summed E-state index contributed by atoms with van der Waals surface area (Å²) >= 11 is 0. The molecule has 2 rings (SSSR count). The van der Waals surface area contributed by atoms with Crippen LogP contribution in [0.15, 0.2) is 0 Å². The molecule has 56 valence electrons. The number of rotatable bonds is 0. The Kier molecular flexibility index (Phi) is 0.844. The molecule has 1 saturated heterocycles. The average Bonchev–Trinajstić information content (AvgIpc) is 2.17. The van der Waals surface area contributed by atoms with Gasteiger partial charge in [-0.3, -0.25) is 4.79 Å². The summed E-state index contributed by atoms with van der Waals surface area (Å²) in [5.41, 5.74) is -0.0191. The molecular formula is C7H10O3. The molecule has 2 aliphatic rings. The van der Waals surface area contributed by atoms with Crippen molar-refractivity contribution >= 4 is 5.97 Å². The number of esters is 1. The molecule has 1 saturated carbocycles. The molecule has 0 amide bonds. The third-order valence-corrected chi connectivity index (χ3v) is 2.71. The molecule has 0 unspecified atom stereocenters. The number of cyclic esters (lactones) is 1. The van der Waals surface area contributed by atoms with Gasteiger partial charge < -0.3 is 9.84 Å². The van der Waals surface area contributed by atoms with Crippen molar-refractivity contribution < 1.29 is 14.6 Å². The van der Waals surface area contributed by atoms with Crippen LogP contribution in [0.5, 0.6) is 0 Å². The van der Waals surface area contributed by atoms with Crippen LogP contribution in [0.1, 0.15) is 13.8 Å². The van der Waals surface area contributed by atoms with E-state index in [0.29, 0.717) is 0 Å². The molecule has 0 spiro atoms. The molecule has 3 nitrogen and oxygen atoms in total. The van der Waals surface area contributed by atoms with Gasteiger partial charge in [-0.05, 0) is 5.41 Å². The fraction of sp³-hybridized carbons (Fsp3) is 0.857. The van der Waals surface area contributed by atoms with E-state index in [2.05, 4.69) is 4.74 Å². The molecule has 1 heterocycles. The molecule has 10 heavy (non-hydrogen) atoms. The highest BCUT2D eigenvalue weighted by Crippen LogP contribution is 2.63. The van der Waals surface area contributed by atoms with Gasteiger partial charge in [-0.1, -0.05) is 13.8 Å². The fourth-order valence-electron chi connectivity index (χ4n) is 1.93. The van der Waals surface area contributed by atoms with Crippen molar-refractivity contribution in [3.05, 3.63) is 0 Å². The number of ether oxygens (including phenoxy) is 1. The molecule has 1 N–H and O–H groups in total. The van der Waals surface area contributed by atoms with Crippen LogP contribution in [0.2, 0.25) is 0 Å². The van der Waals surface area contributed by atoms with E-state index in [9.17, 15) is 4.79 Å². The molecule has 1 aliphatic heterocycles. The van der Waals surface area contributed by atoms with Crippen LogP contribution in [0.3, 0.4) is 0 Å². The topological polar surface area (TPSA) is 46.5 Å². The quantitative estimate of drug-likeness (QED) is 0.489. The maximum atomic E-state index is 10.9. The third-order valence-electron chi connectivity index (χ3n) is 2.71. The van der Waals surface area contributed by atoms with Crippen molar-refractivity contribution in [2.24, 2.45) is 17.3 Å². The molecule has 1 aliphatic carbocycles. The summed E-state index contributed by atoms with van der Waals surface area (Å²) in [6.07, 6.45) is -0.840. The summed E-state index contributed by atoms with van der Waals surface area (Å²) in [5.74, 6) is -0.218. The number of fused-ring (bicyclic) bond motifs is 1. The van der Waals surface area contributed by atoms with Crippen LogP contribution < -0.4 is 0 Å². The maximum Gasteiger partial charge on any atom is 0.312 e. The molecule has 0 radical (unpaired) electrons. The van der Waals surface area contributed by atoms with Gasteiger partial charge in [-0.25, -0.2) is 0 Å². The summed E-state index contributed by atoms with van der Waals surface area (Å²) in [6, 6.07) is 0. The SMILES string of the molecule is CC1(C)[C@@H]2[C@@H](O)OC(=O)[C@@H]21. The highest BCUT2D eigenvalue weighted by molar-refractivity contribution is 5.80. The van der Waals surface area contributed by atoms with Crippen molar-refractivity contribution in [2.45, 2.75) is 20.1 Å². The zero-order chi connectivity index (χ0) is 7.52. The van der Waals surface area contributed by atoms with Crippen molar-refractivity contribution in [1.29, 1.82) is 0 Å². The Morgan fingerprint density at radius 3 is 2.40 bits per heavy atom. The number of hydrogen-bond donors (Lipinski definition) is 1. The Labute approximate surface area is 59.0 Å². The van der Waals surface area contributed by atoms with Gasteiger partial charge in [-0.2, -0.15) is 0 Å². The van der Waals surface area contributed by atoms with Gasteiger partial charge in [-0.15, -0.1) is 0 Å². The van der Waals surface area contributed by atoms with Gasteiger partial charge in [0.2, 0.25) is 6.29 Å². The van der Waals surface area contributed by atoms with Crippen molar-refractivity contribution in [3.63, 3.8) is 0 Å². The van der Waals surface area contributed by atoms with Gasteiger partial charge in [0.05, 0.1) is 5.92 Å². The zero-order valence-corrected chi connectivity index (χ0v) is 6.00. The van der Waals surface area contributed by atoms with E-state index in [1.54, 1.807) is 0 Å². The first kappa shape index (κ1) is 6.16. The van der Waals surface area contributed by atoms with Gasteiger partial charge in [0, 0.05) is 5.92 Å². The van der Waals surface area contributed by atoms with E-state index < -0.39 is 6.29 Å². The Hall–Kier alpha value is -0.570. The van der Waals surface area contributed by atoms with E-state index in [0.717, 1.165) is 0 Å². The third kappa shape index (κ3) is 0.475. The predicted octanol–water partition coefficient (Wildman–Crippen LogP) is 0.134. The number of carbonyl (C=O) groups excluding carboxylic acids is 1. The van der Waals surface area contributed by atoms with Crippen LogP contribution in [-0.2, 0) is 9.53 Å². The van der Waals surface area contributed by atoms with Gasteiger partial charge in [0.25, 0.3) is 0 Å². The molecular weight excluding hydrogens is 132 g/mol. The number of aliphatic hydroxyl groups excluding tert-OH is 1. The monoisotopic (exact) mass is 142 g/mol. The summed E-state index contributed by atoms with van der Waals surface area (Å²) in [6.45, 7) is 3.96. The second-order valence-electron chi connectivity index (χ2n) is 3.65.